The summed E-state index contributed by atoms with van der Waals surface area (Å²) in [6, 6.07) is 9.63. The largest absolute Gasteiger partial charge is 0.399 e. The number of rotatable bonds is 5. The Morgan fingerprint density at radius 3 is 2.84 bits per heavy atom. The van der Waals surface area contributed by atoms with E-state index in [0.29, 0.717) is 18.5 Å². The molecule has 0 bridgehead atoms. The molecule has 0 unspecified atom stereocenters. The maximum atomic E-state index is 12.2. The summed E-state index contributed by atoms with van der Waals surface area (Å²) in [6.07, 6.45) is 2.85. The van der Waals surface area contributed by atoms with Crippen LogP contribution in [-0.4, -0.2) is 15.6 Å². The number of ketones is 1. The predicted molar refractivity (Wildman–Crippen MR) is 76.1 cm³/mol. The van der Waals surface area contributed by atoms with Gasteiger partial charge in [0.1, 0.15) is 5.69 Å². The van der Waals surface area contributed by atoms with Gasteiger partial charge in [-0.25, -0.2) is 0 Å². The van der Waals surface area contributed by atoms with Crippen LogP contribution in [0.25, 0.3) is 0 Å². The predicted octanol–water partition coefficient (Wildman–Crippen LogP) is 2.86. The summed E-state index contributed by atoms with van der Waals surface area (Å²) in [4.78, 5) is 12.2. The Kier molecular flexibility index (Phi) is 4.00. The van der Waals surface area contributed by atoms with Crippen molar-refractivity contribution in [3.05, 3.63) is 47.8 Å². The van der Waals surface area contributed by atoms with Crippen molar-refractivity contribution in [2.24, 2.45) is 0 Å². The molecule has 0 aliphatic carbocycles. The Morgan fingerprint density at radius 2 is 2.16 bits per heavy atom. The molecule has 4 nitrogen and oxygen atoms in total. The Balaban J connectivity index is 2.03. The molecule has 2 aromatic rings. The number of nitrogens with two attached hydrogens (primary N) is 1. The average molecular weight is 257 g/mol. The zero-order valence-electron chi connectivity index (χ0n) is 11.3. The summed E-state index contributed by atoms with van der Waals surface area (Å²) in [5.74, 6) is 0.119. The van der Waals surface area contributed by atoms with Gasteiger partial charge in [-0.3, -0.25) is 9.48 Å². The van der Waals surface area contributed by atoms with E-state index >= 15 is 0 Å². The first-order chi connectivity index (χ1) is 9.08. The van der Waals surface area contributed by atoms with Crippen LogP contribution < -0.4 is 5.73 Å². The highest BCUT2D eigenvalue weighted by atomic mass is 16.1. The number of Topliss-reactive ketones (excluding diaryl/α,β-unsaturated/α-hetero) is 1. The molecule has 0 aliphatic rings. The molecule has 2 rings (SSSR count). The summed E-state index contributed by atoms with van der Waals surface area (Å²) in [7, 11) is 0. The number of nitrogen functional groups attached to an aromatic ring is 1. The van der Waals surface area contributed by atoms with Gasteiger partial charge < -0.3 is 5.73 Å². The van der Waals surface area contributed by atoms with Gasteiger partial charge in [0.15, 0.2) is 5.78 Å². The number of hydrogen-bond donors (Lipinski definition) is 1. The highest BCUT2D eigenvalue weighted by Gasteiger charge is 2.13. The summed E-state index contributed by atoms with van der Waals surface area (Å²) in [6.45, 7) is 4.03. The molecule has 0 atom stereocenters. The fraction of sp³-hybridized carbons (Fsp3) is 0.333. The van der Waals surface area contributed by atoms with Crippen molar-refractivity contribution in [1.82, 2.24) is 9.78 Å². The summed E-state index contributed by atoms with van der Waals surface area (Å²) >= 11 is 0. The first-order valence-corrected chi connectivity index (χ1v) is 6.49. The van der Waals surface area contributed by atoms with Crippen molar-refractivity contribution in [3.63, 3.8) is 0 Å². The zero-order chi connectivity index (χ0) is 13.8. The second-order valence-corrected chi connectivity index (χ2v) is 4.92. The lowest BCUT2D eigenvalue weighted by molar-refractivity contribution is 0.0970. The molecule has 1 aromatic heterocycles. The van der Waals surface area contributed by atoms with Gasteiger partial charge in [0.2, 0.25) is 0 Å². The first-order valence-electron chi connectivity index (χ1n) is 6.49. The molecule has 0 amide bonds. The van der Waals surface area contributed by atoms with Crippen LogP contribution in [0.3, 0.4) is 0 Å². The Labute approximate surface area is 113 Å². The molecule has 0 fully saturated rings. The molecular formula is C15H19N3O. The van der Waals surface area contributed by atoms with E-state index in [4.69, 9.17) is 5.73 Å². The van der Waals surface area contributed by atoms with Gasteiger partial charge in [0.25, 0.3) is 0 Å². The number of benzene rings is 1. The van der Waals surface area contributed by atoms with Crippen LogP contribution in [0.1, 0.15) is 42.4 Å². The maximum absolute atomic E-state index is 12.2. The number of anilines is 1. The standard InChI is InChI=1S/C15H19N3O/c1-11(2)18-14(8-9-17-18)15(19)7-6-12-4-3-5-13(16)10-12/h3-5,8-11H,6-7,16H2,1-2H3. The van der Waals surface area contributed by atoms with Crippen LogP contribution in [-0.2, 0) is 6.42 Å². The minimum Gasteiger partial charge on any atom is -0.399 e. The smallest absolute Gasteiger partial charge is 0.181 e. The SMILES string of the molecule is CC(C)n1nccc1C(=O)CCc1cccc(N)c1. The van der Waals surface area contributed by atoms with E-state index in [9.17, 15) is 4.79 Å². The average Bonchev–Trinajstić information content (AvgIpc) is 2.85. The molecule has 0 spiro atoms. The minimum absolute atomic E-state index is 0.119. The van der Waals surface area contributed by atoms with Gasteiger partial charge in [0.05, 0.1) is 0 Å². The number of carbonyl (C=O) groups is 1. The summed E-state index contributed by atoms with van der Waals surface area (Å²) in [5, 5.41) is 4.18. The van der Waals surface area contributed by atoms with Crippen LogP contribution in [0.4, 0.5) is 5.69 Å². The highest BCUT2D eigenvalue weighted by Crippen LogP contribution is 2.13. The topological polar surface area (TPSA) is 60.9 Å². The zero-order valence-corrected chi connectivity index (χ0v) is 11.3. The Morgan fingerprint density at radius 1 is 1.37 bits per heavy atom. The minimum atomic E-state index is 0.119. The third-order valence-electron chi connectivity index (χ3n) is 3.04. The fourth-order valence-corrected chi connectivity index (χ4v) is 2.08. The third-order valence-corrected chi connectivity index (χ3v) is 3.04. The molecule has 19 heavy (non-hydrogen) atoms. The van der Waals surface area contributed by atoms with Gasteiger partial charge in [-0.2, -0.15) is 5.10 Å². The second kappa shape index (κ2) is 5.69. The van der Waals surface area contributed by atoms with Crippen LogP contribution >= 0.6 is 0 Å². The molecule has 0 saturated carbocycles. The lowest BCUT2D eigenvalue weighted by Gasteiger charge is -2.10. The Hall–Kier alpha value is -2.10. The first kappa shape index (κ1) is 13.3. The lowest BCUT2D eigenvalue weighted by atomic mass is 10.1. The van der Waals surface area contributed by atoms with Crippen molar-refractivity contribution in [2.75, 3.05) is 5.73 Å². The highest BCUT2D eigenvalue weighted by molar-refractivity contribution is 5.94. The number of hydrogen-bond acceptors (Lipinski definition) is 3. The van der Waals surface area contributed by atoms with E-state index in [0.717, 1.165) is 11.3 Å². The molecule has 100 valence electrons. The van der Waals surface area contributed by atoms with E-state index in [1.807, 2.05) is 38.1 Å². The lowest BCUT2D eigenvalue weighted by Crippen LogP contribution is -2.13. The van der Waals surface area contributed by atoms with Crippen molar-refractivity contribution in [2.45, 2.75) is 32.7 Å². The Bertz CT molecular complexity index is 572. The second-order valence-electron chi connectivity index (χ2n) is 4.92. The quantitative estimate of drug-likeness (QED) is 0.661. The van der Waals surface area contributed by atoms with Crippen LogP contribution in [0.2, 0.25) is 0 Å². The van der Waals surface area contributed by atoms with Gasteiger partial charge in [0, 0.05) is 24.3 Å². The van der Waals surface area contributed by atoms with Crippen molar-refractivity contribution < 1.29 is 4.79 Å². The van der Waals surface area contributed by atoms with Crippen LogP contribution in [0, 0.1) is 0 Å². The monoisotopic (exact) mass is 257 g/mol. The number of carbonyl (C=O) groups excluding carboxylic acids is 1. The van der Waals surface area contributed by atoms with Crippen molar-refractivity contribution >= 4 is 11.5 Å². The van der Waals surface area contributed by atoms with Gasteiger partial charge in [-0.1, -0.05) is 12.1 Å². The van der Waals surface area contributed by atoms with E-state index in [1.54, 1.807) is 16.9 Å². The van der Waals surface area contributed by atoms with E-state index in [2.05, 4.69) is 5.10 Å². The number of aromatic nitrogens is 2. The molecule has 0 radical (unpaired) electrons. The van der Waals surface area contributed by atoms with Crippen LogP contribution in [0.5, 0.6) is 0 Å². The molecule has 2 N–H and O–H groups in total. The van der Waals surface area contributed by atoms with Crippen LogP contribution in [0.15, 0.2) is 36.5 Å². The molecule has 1 heterocycles. The molecule has 4 heteroatoms. The van der Waals surface area contributed by atoms with E-state index in [1.165, 1.54) is 0 Å². The van der Waals surface area contributed by atoms with Gasteiger partial charge >= 0.3 is 0 Å². The third kappa shape index (κ3) is 3.22. The van der Waals surface area contributed by atoms with Crippen molar-refractivity contribution in [3.8, 4) is 0 Å². The normalized spacial score (nSPS) is 10.9. The van der Waals surface area contributed by atoms with Gasteiger partial charge in [-0.15, -0.1) is 0 Å². The number of nitrogens with zero attached hydrogens (tertiary/aromatic N) is 2. The molecular weight excluding hydrogens is 238 g/mol. The van der Waals surface area contributed by atoms with Crippen molar-refractivity contribution in [1.29, 1.82) is 0 Å². The number of aryl methyl sites for hydroxylation is 1. The van der Waals surface area contributed by atoms with E-state index < -0.39 is 0 Å². The molecule has 0 aliphatic heterocycles. The maximum Gasteiger partial charge on any atom is 0.181 e. The summed E-state index contributed by atoms with van der Waals surface area (Å²) in [5.41, 5.74) is 8.22. The molecule has 0 saturated heterocycles. The fourth-order valence-electron chi connectivity index (χ4n) is 2.08. The molecule has 1 aromatic carbocycles. The van der Waals surface area contributed by atoms with E-state index in [-0.39, 0.29) is 11.8 Å². The van der Waals surface area contributed by atoms with Gasteiger partial charge in [-0.05, 0) is 44.0 Å². The summed E-state index contributed by atoms with van der Waals surface area (Å²) < 4.78 is 1.77.